The van der Waals surface area contributed by atoms with Gasteiger partial charge in [0.05, 0.1) is 21.9 Å². The first-order chi connectivity index (χ1) is 39.3. The van der Waals surface area contributed by atoms with Crippen molar-refractivity contribution < 1.29 is 94.0 Å². The van der Waals surface area contributed by atoms with Crippen molar-refractivity contribution in [3.05, 3.63) is 128 Å². The van der Waals surface area contributed by atoms with Gasteiger partial charge in [-0.15, -0.1) is 0 Å². The van der Waals surface area contributed by atoms with Crippen molar-refractivity contribution in [2.45, 2.75) is 132 Å². The highest BCUT2D eigenvalue weighted by atomic mass is 35.5. The number of aryl methyl sites for hydroxylation is 1. The van der Waals surface area contributed by atoms with E-state index in [2.05, 4.69) is 27.0 Å². The fourth-order valence-corrected chi connectivity index (χ4v) is 13.2. The standard InChI is InChI=1S/C56H53ClF10N5O11PS2/c1-27-15-30(17-28(2)73)45(42(16-27)83-84(76,77)78)52(3,4)24-41(75)49(85(7,79)80)47-44-40(57)12-11-37(48(44)72(69-47)26-54(60,61)62)36-10-9-34(13-14-53(5,6)86(8,81)82)68-46(36)31(18-29-19-32(58)22-33(59)20-29)21-35(74)25-71-51-43(50(70-71)56(65,66)67)38-23-39(38)55(51,63)64/h9-12,15-16,19-20,22,31,38-39,49H,17-18,21,23-26H2,1-8H3,(H2,76,77,78)/t31-,38+,39-,49?/m1/s1. The Morgan fingerprint density at radius 3 is 2.09 bits per heavy atom. The van der Waals surface area contributed by atoms with Gasteiger partial charge in [-0.05, 0) is 105 Å². The summed E-state index contributed by atoms with van der Waals surface area (Å²) >= 11 is 6.84. The van der Waals surface area contributed by atoms with Gasteiger partial charge in [-0.25, -0.2) is 35.2 Å². The molecule has 6 aromatic rings. The van der Waals surface area contributed by atoms with Crippen LogP contribution in [0.4, 0.5) is 43.9 Å². The van der Waals surface area contributed by atoms with Crippen molar-refractivity contribution in [1.82, 2.24) is 24.5 Å². The molecule has 8 rings (SSSR count). The number of carbonyl (C=O) groups is 3. The Kier molecular flexibility index (Phi) is 17.2. The van der Waals surface area contributed by atoms with E-state index in [-0.39, 0.29) is 55.7 Å². The number of rotatable bonds is 20. The SMILES string of the molecule is CC(=O)Cc1cc(C)cc(OP(=O)(O)O)c1C(C)(C)CC(=O)C(c1nn(CC(F)(F)F)c2c(-c3ccc(C#CC(C)(C)S(C)(=O)=O)nc3[C@@H](CC(=O)Cn3nc(C(F)(F)F)c4c3C(F)(F)[C@@H]3C[C@H]43)Cc3cc(F)cc(F)c3)ccc(Cl)c12)S(C)(=O)=O. The second kappa shape index (κ2) is 22.6. The lowest BCUT2D eigenvalue weighted by atomic mass is 9.75. The monoisotopic (exact) mass is 1290 g/mol. The Morgan fingerprint density at radius 2 is 1.52 bits per heavy atom. The Bertz CT molecular complexity index is 4150. The lowest BCUT2D eigenvalue weighted by Gasteiger charge is -2.31. The van der Waals surface area contributed by atoms with Crippen molar-refractivity contribution in [3.63, 3.8) is 0 Å². The molecule has 1 saturated carbocycles. The number of ketones is 3. The molecule has 3 heterocycles. The first kappa shape index (κ1) is 65.5. The molecule has 30 heteroatoms. The number of benzene rings is 3. The van der Waals surface area contributed by atoms with Crippen LogP contribution in [0.1, 0.15) is 127 Å². The minimum Gasteiger partial charge on any atom is -0.404 e. The summed E-state index contributed by atoms with van der Waals surface area (Å²) in [5, 5.41) is 3.95. The largest absolute Gasteiger partial charge is 0.524 e. The highest BCUT2D eigenvalue weighted by Gasteiger charge is 2.68. The molecule has 462 valence electrons. The number of nitrogens with zero attached hydrogens (tertiary/aromatic N) is 5. The van der Waals surface area contributed by atoms with Crippen LogP contribution in [-0.4, -0.2) is 92.0 Å². The van der Waals surface area contributed by atoms with Gasteiger partial charge in [0.1, 0.15) is 52.4 Å². The third-order valence-electron chi connectivity index (χ3n) is 14.9. The van der Waals surface area contributed by atoms with Gasteiger partial charge in [0.15, 0.2) is 42.2 Å². The average molecular weight is 1290 g/mol. The summed E-state index contributed by atoms with van der Waals surface area (Å²) in [5.41, 5.74) is -8.09. The number of phosphoric acid groups is 1. The van der Waals surface area contributed by atoms with Gasteiger partial charge in [0.2, 0.25) is 0 Å². The van der Waals surface area contributed by atoms with Crippen molar-refractivity contribution in [2.24, 2.45) is 5.92 Å². The van der Waals surface area contributed by atoms with Gasteiger partial charge in [-0.2, -0.15) is 45.3 Å². The molecule has 0 radical (unpaired) electrons. The quantitative estimate of drug-likeness (QED) is 0.0411. The fraction of sp³-hybridized carbons (Fsp3) is 0.429. The van der Waals surface area contributed by atoms with Crippen molar-refractivity contribution in [2.75, 3.05) is 12.5 Å². The van der Waals surface area contributed by atoms with Crippen LogP contribution in [0.25, 0.3) is 22.0 Å². The average Bonchev–Trinajstić information content (AvgIpc) is 1.60. The van der Waals surface area contributed by atoms with Crippen LogP contribution in [0.15, 0.2) is 54.6 Å². The molecule has 1 unspecified atom stereocenters. The molecule has 86 heavy (non-hydrogen) atoms. The van der Waals surface area contributed by atoms with Crippen LogP contribution in [-0.2, 0) is 82.1 Å². The molecule has 0 amide bonds. The van der Waals surface area contributed by atoms with E-state index in [4.69, 9.17) is 16.1 Å². The van der Waals surface area contributed by atoms with Crippen LogP contribution < -0.4 is 4.52 Å². The number of pyridine rings is 1. The Morgan fingerprint density at radius 1 is 0.895 bits per heavy atom. The second-order valence-corrected chi connectivity index (χ2v) is 29.2. The summed E-state index contributed by atoms with van der Waals surface area (Å²) in [7, 11) is -14.2. The molecule has 2 aliphatic carbocycles. The predicted octanol–water partition coefficient (Wildman–Crippen LogP) is 11.1. The normalized spacial score (nSPS) is 16.9. The molecular formula is C56H53ClF10N5O11PS2. The van der Waals surface area contributed by atoms with Gasteiger partial charge >= 0.3 is 20.2 Å². The molecule has 3 aromatic heterocycles. The van der Waals surface area contributed by atoms with Gasteiger partial charge in [0, 0.05) is 82.7 Å². The maximum Gasteiger partial charge on any atom is 0.524 e. The van der Waals surface area contributed by atoms with E-state index >= 15 is 17.6 Å². The van der Waals surface area contributed by atoms with E-state index in [0.717, 1.165) is 36.6 Å². The van der Waals surface area contributed by atoms with Crippen LogP contribution >= 0.6 is 19.4 Å². The third kappa shape index (κ3) is 13.8. The van der Waals surface area contributed by atoms with E-state index in [1.807, 2.05) is 0 Å². The van der Waals surface area contributed by atoms with Gasteiger partial charge < -0.3 is 4.52 Å². The van der Waals surface area contributed by atoms with E-state index in [1.165, 1.54) is 59.7 Å². The number of hydrogen-bond acceptors (Lipinski definition) is 12. The minimum atomic E-state index is -5.38. The lowest BCUT2D eigenvalue weighted by Crippen LogP contribution is -2.31. The fourth-order valence-electron chi connectivity index (χ4n) is 11.2. The highest BCUT2D eigenvalue weighted by molar-refractivity contribution is 7.92. The maximum atomic E-state index is 15.8. The number of Topliss-reactive ketones (excluding diaryl/α,β-unsaturated/α-hetero) is 3. The van der Waals surface area contributed by atoms with E-state index in [1.54, 1.807) is 0 Å². The van der Waals surface area contributed by atoms with Crippen molar-refractivity contribution >= 4 is 67.4 Å². The number of sulfone groups is 2. The molecular weight excluding hydrogens is 1240 g/mol. The molecule has 0 bridgehead atoms. The number of aromatic nitrogens is 5. The van der Waals surface area contributed by atoms with Crippen LogP contribution in [0.3, 0.4) is 0 Å². The third-order valence-corrected chi connectivity index (χ3v) is 18.9. The van der Waals surface area contributed by atoms with Crippen LogP contribution in [0.5, 0.6) is 5.75 Å². The van der Waals surface area contributed by atoms with E-state index < -0.39 is 190 Å². The van der Waals surface area contributed by atoms with E-state index in [0.29, 0.717) is 17.9 Å². The summed E-state index contributed by atoms with van der Waals surface area (Å²) < 4.78 is 219. The van der Waals surface area contributed by atoms with Crippen molar-refractivity contribution in [1.29, 1.82) is 0 Å². The molecule has 0 aliphatic heterocycles. The summed E-state index contributed by atoms with van der Waals surface area (Å²) in [6.45, 7) is 4.59. The molecule has 2 aliphatic rings. The topological polar surface area (TPSA) is 235 Å². The number of phosphoric ester groups is 1. The van der Waals surface area contributed by atoms with Gasteiger partial charge in [-0.1, -0.05) is 43.5 Å². The molecule has 0 spiro atoms. The first-order valence-corrected chi connectivity index (χ1v) is 31.7. The highest BCUT2D eigenvalue weighted by Crippen LogP contribution is 2.68. The minimum absolute atomic E-state index is 0.114. The van der Waals surface area contributed by atoms with Crippen LogP contribution in [0.2, 0.25) is 5.02 Å². The summed E-state index contributed by atoms with van der Waals surface area (Å²) in [5.74, 6) is -8.69. The summed E-state index contributed by atoms with van der Waals surface area (Å²) in [6.07, 6.45) is -12.2. The predicted molar refractivity (Wildman–Crippen MR) is 293 cm³/mol. The van der Waals surface area contributed by atoms with E-state index in [9.17, 15) is 71.9 Å². The Hall–Kier alpha value is -6.50. The Labute approximate surface area is 490 Å². The first-order valence-electron chi connectivity index (χ1n) is 25.9. The summed E-state index contributed by atoms with van der Waals surface area (Å²) in [6, 6.07) is 9.29. The number of fused-ring (bicyclic) bond motifs is 4. The molecule has 1 fully saturated rings. The maximum absolute atomic E-state index is 15.8. The number of carbonyl (C=O) groups excluding carboxylic acids is 3. The smallest absolute Gasteiger partial charge is 0.404 e. The Balaban J connectivity index is 1.36. The second-order valence-electron chi connectivity index (χ2n) is 22.9. The van der Waals surface area contributed by atoms with Crippen molar-refractivity contribution in [3.8, 4) is 28.7 Å². The van der Waals surface area contributed by atoms with Gasteiger partial charge in [0.25, 0.3) is 5.92 Å². The number of alkyl halides is 8. The zero-order valence-corrected chi connectivity index (χ0v) is 50.0. The zero-order chi connectivity index (χ0) is 64.1. The molecule has 2 N–H and O–H groups in total. The zero-order valence-electron chi connectivity index (χ0n) is 46.7. The molecule has 16 nitrogen and oxygen atoms in total. The van der Waals surface area contributed by atoms with Gasteiger partial charge in [-0.3, -0.25) is 33.5 Å². The molecule has 0 saturated heterocycles. The molecule has 3 aromatic carbocycles. The molecule has 4 atom stereocenters. The number of halogens is 11. The number of hydrogen-bond donors (Lipinski definition) is 2. The summed E-state index contributed by atoms with van der Waals surface area (Å²) in [4.78, 5) is 66.4. The lowest BCUT2D eigenvalue weighted by molar-refractivity contribution is -0.143. The van der Waals surface area contributed by atoms with Crippen LogP contribution in [0, 0.1) is 36.3 Å².